The first-order valence-electron chi connectivity index (χ1n) is 7.58. The van der Waals surface area contributed by atoms with E-state index in [0.29, 0.717) is 17.8 Å². The Morgan fingerprint density at radius 2 is 1.57 bits per heavy atom. The fraction of sp³-hybridized carbons (Fsp3) is 0.929. The number of carbonyl (C=O) groups is 1. The van der Waals surface area contributed by atoms with Gasteiger partial charge >= 0.3 is 17.1 Å². The summed E-state index contributed by atoms with van der Waals surface area (Å²) in [5.74, 6) is -0.534. The van der Waals surface area contributed by atoms with E-state index >= 15 is 0 Å². The molecule has 23 heavy (non-hydrogen) atoms. The molecule has 4 aliphatic rings. The second kappa shape index (κ2) is 5.77. The van der Waals surface area contributed by atoms with Crippen LogP contribution >= 0.6 is 12.0 Å². The van der Waals surface area contributed by atoms with Gasteiger partial charge in [0.25, 0.3) is 0 Å². The summed E-state index contributed by atoms with van der Waals surface area (Å²) < 4.78 is 59.6. The van der Waals surface area contributed by atoms with Crippen LogP contribution in [0.5, 0.6) is 0 Å². The fourth-order valence-corrected chi connectivity index (χ4v) is 5.34. The van der Waals surface area contributed by atoms with E-state index in [0.717, 1.165) is 38.5 Å². The molecule has 0 spiro atoms. The standard InChI is InChI=1S/C14H18F4O4S/c15-13(23-22-20,14(16,17)18)11(19)21-7-12-4-8-1-9(5-12)3-10(2-8)6-12/h8-10,20H,1-7H2/p-1. The molecule has 0 aromatic rings. The van der Waals surface area contributed by atoms with Gasteiger partial charge in [-0.25, -0.2) is 9.18 Å². The van der Waals surface area contributed by atoms with Crippen molar-refractivity contribution in [2.24, 2.45) is 23.2 Å². The van der Waals surface area contributed by atoms with E-state index in [1.165, 1.54) is 0 Å². The van der Waals surface area contributed by atoms with E-state index < -0.39 is 29.2 Å². The number of carbonyl (C=O) groups excluding carboxylic acids is 1. The Kier molecular flexibility index (Phi) is 4.34. The highest BCUT2D eigenvalue weighted by molar-refractivity contribution is 7.96. The largest absolute Gasteiger partial charge is 0.710 e. The number of ether oxygens (including phenoxy) is 1. The first-order valence-corrected chi connectivity index (χ1v) is 8.32. The van der Waals surface area contributed by atoms with Crippen LogP contribution in [0.2, 0.25) is 0 Å². The number of hydrogen-bond acceptors (Lipinski definition) is 5. The van der Waals surface area contributed by atoms with E-state index in [1.807, 2.05) is 0 Å². The van der Waals surface area contributed by atoms with Gasteiger partial charge in [-0.2, -0.15) is 13.2 Å². The third-order valence-electron chi connectivity index (χ3n) is 5.45. The van der Waals surface area contributed by atoms with Gasteiger partial charge < -0.3 is 14.3 Å². The molecule has 4 nitrogen and oxygen atoms in total. The normalized spacial score (nSPS) is 38.4. The predicted octanol–water partition coefficient (Wildman–Crippen LogP) is 2.91. The van der Waals surface area contributed by atoms with Crippen LogP contribution in [0.25, 0.3) is 0 Å². The molecule has 0 radical (unpaired) electrons. The van der Waals surface area contributed by atoms with Crippen LogP contribution in [0.3, 0.4) is 0 Å². The zero-order chi connectivity index (χ0) is 16.9. The highest BCUT2D eigenvalue weighted by Gasteiger charge is 2.65. The summed E-state index contributed by atoms with van der Waals surface area (Å²) in [4.78, 5) is 11.6. The van der Waals surface area contributed by atoms with E-state index in [1.54, 1.807) is 0 Å². The Labute approximate surface area is 135 Å². The van der Waals surface area contributed by atoms with Crippen molar-refractivity contribution >= 4 is 18.0 Å². The van der Waals surface area contributed by atoms with Crippen molar-refractivity contribution in [1.82, 2.24) is 0 Å². The fourth-order valence-electron chi connectivity index (χ4n) is 5.02. The molecule has 0 N–H and O–H groups in total. The first-order chi connectivity index (χ1) is 10.7. The SMILES string of the molecule is O=C(OCC12CC3CC(CC(C3)C1)C2)C(F)(SO[O-])C(F)(F)F. The quantitative estimate of drug-likeness (QED) is 0.249. The zero-order valence-electron chi connectivity index (χ0n) is 12.2. The molecular formula is C14H17F4O4S-. The van der Waals surface area contributed by atoms with Gasteiger partial charge in [0.1, 0.15) is 0 Å². The Balaban J connectivity index is 1.66. The molecule has 0 aliphatic heterocycles. The predicted molar refractivity (Wildman–Crippen MR) is 70.1 cm³/mol. The van der Waals surface area contributed by atoms with Crippen LogP contribution in [0, 0.1) is 23.2 Å². The number of esters is 1. The minimum Gasteiger partial charge on any atom is -0.710 e. The van der Waals surface area contributed by atoms with Gasteiger partial charge in [0.2, 0.25) is 0 Å². The summed E-state index contributed by atoms with van der Waals surface area (Å²) in [5.41, 5.74) is -0.333. The number of rotatable bonds is 5. The zero-order valence-corrected chi connectivity index (χ0v) is 13.1. The van der Waals surface area contributed by atoms with Crippen LogP contribution in [-0.4, -0.2) is 23.8 Å². The first kappa shape index (κ1) is 17.3. The van der Waals surface area contributed by atoms with Gasteiger partial charge in [-0.05, 0) is 56.3 Å². The smallest absolute Gasteiger partial charge is 0.445 e. The Morgan fingerprint density at radius 1 is 1.09 bits per heavy atom. The molecule has 1 unspecified atom stereocenters. The van der Waals surface area contributed by atoms with Gasteiger partial charge in [-0.3, -0.25) is 0 Å². The van der Waals surface area contributed by atoms with Crippen molar-refractivity contribution in [1.29, 1.82) is 0 Å². The van der Waals surface area contributed by atoms with E-state index in [2.05, 4.69) is 4.33 Å². The van der Waals surface area contributed by atoms with Crippen LogP contribution in [-0.2, 0) is 13.9 Å². The average Bonchev–Trinajstić information content (AvgIpc) is 2.42. The molecule has 1 atom stereocenters. The Bertz CT molecular complexity index is 449. The molecule has 9 heteroatoms. The molecular weight excluding hydrogens is 340 g/mol. The maximum Gasteiger partial charge on any atom is 0.445 e. The van der Waals surface area contributed by atoms with E-state index in [-0.39, 0.29) is 12.0 Å². The molecule has 0 amide bonds. The molecule has 0 aromatic heterocycles. The molecule has 4 bridgehead atoms. The van der Waals surface area contributed by atoms with E-state index in [4.69, 9.17) is 4.74 Å². The second-order valence-electron chi connectivity index (χ2n) is 7.24. The summed E-state index contributed by atoms with van der Waals surface area (Å²) >= 11 is -1.11. The second-order valence-corrected chi connectivity index (χ2v) is 8.10. The third-order valence-corrected chi connectivity index (χ3v) is 6.15. The van der Waals surface area contributed by atoms with Gasteiger partial charge in [-0.15, -0.1) is 0 Å². The maximum atomic E-state index is 13.9. The van der Waals surface area contributed by atoms with Crippen LogP contribution in [0.1, 0.15) is 38.5 Å². The maximum absolute atomic E-state index is 13.9. The topological polar surface area (TPSA) is 58.6 Å². The Morgan fingerprint density at radius 3 is 1.96 bits per heavy atom. The van der Waals surface area contributed by atoms with Crippen LogP contribution in [0.15, 0.2) is 0 Å². The number of hydrogen-bond donors (Lipinski definition) is 0. The van der Waals surface area contributed by atoms with Crippen molar-refractivity contribution in [3.8, 4) is 0 Å². The number of halogens is 4. The summed E-state index contributed by atoms with van der Waals surface area (Å²) in [7, 11) is 0. The molecule has 132 valence electrons. The summed E-state index contributed by atoms with van der Waals surface area (Å²) in [6.07, 6.45) is 0.225. The van der Waals surface area contributed by atoms with Crippen molar-refractivity contribution in [3.63, 3.8) is 0 Å². The van der Waals surface area contributed by atoms with Crippen molar-refractivity contribution in [2.45, 2.75) is 49.7 Å². The van der Waals surface area contributed by atoms with Crippen molar-refractivity contribution in [3.05, 3.63) is 0 Å². The molecule has 4 rings (SSSR count). The minimum atomic E-state index is -5.58. The average molecular weight is 357 g/mol. The lowest BCUT2D eigenvalue weighted by Gasteiger charge is -2.56. The molecule has 0 saturated heterocycles. The van der Waals surface area contributed by atoms with Crippen molar-refractivity contribution in [2.75, 3.05) is 6.61 Å². The van der Waals surface area contributed by atoms with Gasteiger partial charge in [0.05, 0.1) is 6.61 Å². The van der Waals surface area contributed by atoms with Crippen LogP contribution < -0.4 is 5.26 Å². The van der Waals surface area contributed by atoms with Crippen LogP contribution in [0.4, 0.5) is 17.6 Å². The van der Waals surface area contributed by atoms with Gasteiger partial charge in [-0.1, -0.05) is 0 Å². The molecule has 4 saturated carbocycles. The third kappa shape index (κ3) is 3.07. The van der Waals surface area contributed by atoms with Gasteiger partial charge in [0, 0.05) is 17.5 Å². The molecule has 0 heterocycles. The molecule has 4 fully saturated rings. The van der Waals surface area contributed by atoms with Gasteiger partial charge in [0.15, 0.2) is 0 Å². The van der Waals surface area contributed by atoms with Crippen molar-refractivity contribution < 1.29 is 36.7 Å². The summed E-state index contributed by atoms with van der Waals surface area (Å²) in [6, 6.07) is 0. The highest BCUT2D eigenvalue weighted by Crippen LogP contribution is 2.60. The molecule has 0 aromatic carbocycles. The lowest BCUT2D eigenvalue weighted by molar-refractivity contribution is -0.631. The van der Waals surface area contributed by atoms with E-state index in [9.17, 15) is 27.6 Å². The monoisotopic (exact) mass is 357 g/mol. The minimum absolute atomic E-state index is 0.226. The Hall–Kier alpha value is -0.540. The lowest BCUT2D eigenvalue weighted by Crippen LogP contribution is -2.51. The lowest BCUT2D eigenvalue weighted by atomic mass is 9.50. The number of alkyl halides is 4. The summed E-state index contributed by atoms with van der Waals surface area (Å²) in [6.45, 7) is -0.226. The highest BCUT2D eigenvalue weighted by atomic mass is 32.2. The summed E-state index contributed by atoms with van der Waals surface area (Å²) in [5, 5.41) is 5.45. The molecule has 4 aliphatic carbocycles.